The fourth-order valence-corrected chi connectivity index (χ4v) is 4.53. The third-order valence-corrected chi connectivity index (χ3v) is 6.34. The van der Waals surface area contributed by atoms with Crippen LogP contribution in [-0.4, -0.2) is 41.8 Å². The molecule has 0 radical (unpaired) electrons. The highest BCUT2D eigenvalue weighted by Gasteiger charge is 2.28. The highest BCUT2D eigenvalue weighted by molar-refractivity contribution is 8.14. The zero-order chi connectivity index (χ0) is 22.3. The van der Waals surface area contributed by atoms with Gasteiger partial charge < -0.3 is 9.47 Å². The van der Waals surface area contributed by atoms with Gasteiger partial charge in [-0.15, -0.1) is 11.8 Å². The number of unbranched alkanes of at least 4 members (excludes halogenated alkanes) is 8. The van der Waals surface area contributed by atoms with E-state index in [0.29, 0.717) is 35.3 Å². The minimum atomic E-state index is -0.492. The van der Waals surface area contributed by atoms with E-state index in [1.807, 2.05) is 19.1 Å². The summed E-state index contributed by atoms with van der Waals surface area (Å²) in [5, 5.41) is 0.696. The van der Waals surface area contributed by atoms with E-state index in [0.717, 1.165) is 12.8 Å². The molecule has 0 amide bonds. The molecular formula is C25H37NO4S. The van der Waals surface area contributed by atoms with Crippen molar-refractivity contribution in [1.82, 2.24) is 0 Å². The number of esters is 1. The van der Waals surface area contributed by atoms with Crippen LogP contribution < -0.4 is 4.74 Å². The highest BCUT2D eigenvalue weighted by Crippen LogP contribution is 2.25. The molecule has 0 bridgehead atoms. The first-order valence-corrected chi connectivity index (χ1v) is 12.7. The van der Waals surface area contributed by atoms with Crippen molar-refractivity contribution in [2.75, 3.05) is 19.0 Å². The number of hydrogen-bond acceptors (Lipinski definition) is 6. The van der Waals surface area contributed by atoms with Gasteiger partial charge in [0.2, 0.25) is 0 Å². The number of carbonyl (C=O) groups excluding carboxylic acids is 2. The van der Waals surface area contributed by atoms with Crippen LogP contribution in [0.4, 0.5) is 0 Å². The standard InChI is InChI=1S/C25H37NO4S/c1-3-5-6-7-8-9-10-11-14-17-30-25(28)21-19-31-24(26-21)18-22(27)20-15-12-13-16-23(20)29-4-2/h12-13,15-16,21H,3-11,14,17-19H2,1-2H3. The Morgan fingerprint density at radius 3 is 2.39 bits per heavy atom. The minimum Gasteiger partial charge on any atom is -0.493 e. The normalized spacial score (nSPS) is 15.5. The lowest BCUT2D eigenvalue weighted by Crippen LogP contribution is -2.22. The number of carbonyl (C=O) groups is 2. The number of ketones is 1. The second-order valence-corrected chi connectivity index (χ2v) is 8.97. The third-order valence-electron chi connectivity index (χ3n) is 5.27. The molecule has 1 aliphatic heterocycles. The van der Waals surface area contributed by atoms with Crippen molar-refractivity contribution in [2.24, 2.45) is 4.99 Å². The molecule has 1 atom stereocenters. The number of benzene rings is 1. The van der Waals surface area contributed by atoms with Crippen molar-refractivity contribution in [1.29, 1.82) is 0 Å². The summed E-state index contributed by atoms with van der Waals surface area (Å²) in [6.07, 6.45) is 11.3. The molecule has 31 heavy (non-hydrogen) atoms. The maximum absolute atomic E-state index is 12.7. The Morgan fingerprint density at radius 2 is 1.68 bits per heavy atom. The zero-order valence-corrected chi connectivity index (χ0v) is 19.9. The third kappa shape index (κ3) is 9.46. The van der Waals surface area contributed by atoms with Crippen LogP contribution in [0.2, 0.25) is 0 Å². The summed E-state index contributed by atoms with van der Waals surface area (Å²) in [7, 11) is 0. The monoisotopic (exact) mass is 447 g/mol. The van der Waals surface area contributed by atoms with Crippen LogP contribution in [0, 0.1) is 0 Å². The second kappa shape index (κ2) is 15.1. The van der Waals surface area contributed by atoms with Gasteiger partial charge in [0, 0.05) is 5.75 Å². The molecular weight excluding hydrogens is 410 g/mol. The van der Waals surface area contributed by atoms with E-state index in [1.165, 1.54) is 56.7 Å². The summed E-state index contributed by atoms with van der Waals surface area (Å²) in [5.74, 6) is 0.825. The van der Waals surface area contributed by atoms with Crippen LogP contribution >= 0.6 is 11.8 Å². The molecule has 1 aromatic carbocycles. The van der Waals surface area contributed by atoms with E-state index >= 15 is 0 Å². The minimum absolute atomic E-state index is 0.0426. The van der Waals surface area contributed by atoms with Gasteiger partial charge in [-0.2, -0.15) is 0 Å². The van der Waals surface area contributed by atoms with Crippen LogP contribution in [0.5, 0.6) is 5.75 Å². The molecule has 172 valence electrons. The second-order valence-electron chi connectivity index (χ2n) is 7.87. The Kier molecular flexibility index (Phi) is 12.4. The maximum atomic E-state index is 12.7. The van der Waals surface area contributed by atoms with Crippen molar-refractivity contribution in [3.05, 3.63) is 29.8 Å². The largest absolute Gasteiger partial charge is 0.493 e. The first kappa shape index (κ1) is 25.4. The van der Waals surface area contributed by atoms with Crippen molar-refractivity contribution < 1.29 is 19.1 Å². The van der Waals surface area contributed by atoms with E-state index in [1.54, 1.807) is 12.1 Å². The van der Waals surface area contributed by atoms with Crippen molar-refractivity contribution in [2.45, 2.75) is 84.1 Å². The quantitative estimate of drug-likeness (QED) is 0.170. The van der Waals surface area contributed by atoms with E-state index < -0.39 is 6.04 Å². The SMILES string of the molecule is CCCCCCCCCCCOC(=O)C1CSC(CC(=O)c2ccccc2OCC)=N1. The molecule has 1 heterocycles. The fourth-order valence-electron chi connectivity index (χ4n) is 3.53. The lowest BCUT2D eigenvalue weighted by atomic mass is 10.1. The van der Waals surface area contributed by atoms with Gasteiger partial charge in [0.25, 0.3) is 0 Å². The predicted octanol–water partition coefficient (Wildman–Crippen LogP) is 6.25. The Balaban J connectivity index is 1.65. The number of Topliss-reactive ketones (excluding diaryl/α,β-unsaturated/α-hetero) is 1. The van der Waals surface area contributed by atoms with E-state index in [2.05, 4.69) is 11.9 Å². The fraction of sp³-hybridized carbons (Fsp3) is 0.640. The van der Waals surface area contributed by atoms with Crippen LogP contribution in [0.1, 0.15) is 88.4 Å². The van der Waals surface area contributed by atoms with Crippen LogP contribution in [0.15, 0.2) is 29.3 Å². The van der Waals surface area contributed by atoms with Crippen LogP contribution in [0.25, 0.3) is 0 Å². The lowest BCUT2D eigenvalue weighted by Gasteiger charge is -2.08. The summed E-state index contributed by atoms with van der Waals surface area (Å²) in [4.78, 5) is 29.4. The van der Waals surface area contributed by atoms with Crippen LogP contribution in [-0.2, 0) is 9.53 Å². The molecule has 1 unspecified atom stereocenters. The van der Waals surface area contributed by atoms with Gasteiger partial charge in [0.1, 0.15) is 5.75 Å². The Bertz CT molecular complexity index is 719. The van der Waals surface area contributed by atoms with Crippen molar-refractivity contribution in [3.63, 3.8) is 0 Å². The number of rotatable bonds is 16. The van der Waals surface area contributed by atoms with Gasteiger partial charge in [-0.25, -0.2) is 4.79 Å². The predicted molar refractivity (Wildman–Crippen MR) is 128 cm³/mol. The Morgan fingerprint density at radius 1 is 1.00 bits per heavy atom. The average Bonchev–Trinajstić information content (AvgIpc) is 3.24. The number of aliphatic imine (C=N–C) groups is 1. The summed E-state index contributed by atoms with van der Waals surface area (Å²) in [6.45, 7) is 5.09. The summed E-state index contributed by atoms with van der Waals surface area (Å²) < 4.78 is 11.0. The molecule has 0 saturated carbocycles. The van der Waals surface area contributed by atoms with Gasteiger partial charge in [0.05, 0.1) is 30.2 Å². The number of nitrogens with zero attached hydrogens (tertiary/aromatic N) is 1. The summed E-state index contributed by atoms with van der Waals surface area (Å²) in [5.41, 5.74) is 0.559. The van der Waals surface area contributed by atoms with Gasteiger partial charge in [-0.1, -0.05) is 70.4 Å². The zero-order valence-electron chi connectivity index (χ0n) is 19.1. The molecule has 0 aromatic heterocycles. The van der Waals surface area contributed by atoms with Gasteiger partial charge >= 0.3 is 5.97 Å². The lowest BCUT2D eigenvalue weighted by molar-refractivity contribution is -0.144. The molecule has 1 aliphatic rings. The van der Waals surface area contributed by atoms with Crippen molar-refractivity contribution >= 4 is 28.6 Å². The topological polar surface area (TPSA) is 65.0 Å². The van der Waals surface area contributed by atoms with Gasteiger partial charge in [0.15, 0.2) is 11.8 Å². The molecule has 5 nitrogen and oxygen atoms in total. The molecule has 0 aliphatic carbocycles. The molecule has 0 saturated heterocycles. The smallest absolute Gasteiger partial charge is 0.331 e. The molecule has 0 spiro atoms. The average molecular weight is 448 g/mol. The number of hydrogen-bond donors (Lipinski definition) is 0. The van der Waals surface area contributed by atoms with E-state index in [9.17, 15) is 9.59 Å². The number of para-hydroxylation sites is 1. The van der Waals surface area contributed by atoms with Crippen LogP contribution in [0.3, 0.4) is 0 Å². The van der Waals surface area contributed by atoms with Gasteiger partial charge in [-0.3, -0.25) is 9.79 Å². The molecule has 6 heteroatoms. The first-order valence-electron chi connectivity index (χ1n) is 11.8. The first-order chi connectivity index (χ1) is 15.2. The highest BCUT2D eigenvalue weighted by atomic mass is 32.2. The molecule has 0 N–H and O–H groups in total. The van der Waals surface area contributed by atoms with E-state index in [4.69, 9.17) is 9.47 Å². The number of thioether (sulfide) groups is 1. The summed E-state index contributed by atoms with van der Waals surface area (Å²) in [6, 6.07) is 6.75. The molecule has 0 fully saturated rings. The maximum Gasteiger partial charge on any atom is 0.331 e. The Labute approximate surface area is 191 Å². The number of ether oxygens (including phenoxy) is 2. The van der Waals surface area contributed by atoms with E-state index in [-0.39, 0.29) is 18.2 Å². The Hall–Kier alpha value is -1.82. The summed E-state index contributed by atoms with van der Waals surface area (Å²) >= 11 is 1.47. The molecule has 1 aromatic rings. The van der Waals surface area contributed by atoms with Crippen molar-refractivity contribution in [3.8, 4) is 5.75 Å². The molecule has 2 rings (SSSR count). The van der Waals surface area contributed by atoms with Gasteiger partial charge in [-0.05, 0) is 25.5 Å².